The summed E-state index contributed by atoms with van der Waals surface area (Å²) in [4.78, 5) is 12.9. The van der Waals surface area contributed by atoms with Crippen molar-refractivity contribution in [3.63, 3.8) is 0 Å². The highest BCUT2D eigenvalue weighted by Gasteiger charge is 2.31. The molecule has 0 aliphatic rings. The Labute approximate surface area is 257 Å². The van der Waals surface area contributed by atoms with E-state index in [9.17, 15) is 22.4 Å². The van der Waals surface area contributed by atoms with Crippen molar-refractivity contribution in [2.45, 2.75) is 77.1 Å². The maximum Gasteiger partial charge on any atom is 0.573 e. The summed E-state index contributed by atoms with van der Waals surface area (Å²) in [5, 5.41) is 6.23. The van der Waals surface area contributed by atoms with Crippen LogP contribution in [-0.4, -0.2) is 38.1 Å². The van der Waals surface area contributed by atoms with Gasteiger partial charge in [-0.05, 0) is 72.6 Å². The van der Waals surface area contributed by atoms with Gasteiger partial charge in [0, 0.05) is 18.8 Å². The Morgan fingerprint density at radius 3 is 2.11 bits per heavy atom. The van der Waals surface area contributed by atoms with Gasteiger partial charge in [0.2, 0.25) is 5.91 Å². The van der Waals surface area contributed by atoms with Crippen molar-refractivity contribution in [3.05, 3.63) is 84.2 Å². The van der Waals surface area contributed by atoms with Crippen LogP contribution in [0.25, 0.3) is 0 Å². The van der Waals surface area contributed by atoms with Crippen LogP contribution in [0.3, 0.4) is 0 Å². The van der Waals surface area contributed by atoms with Gasteiger partial charge in [-0.25, -0.2) is 4.39 Å². The molecule has 0 aromatic heterocycles. The second-order valence-corrected chi connectivity index (χ2v) is 10.6. The molecule has 0 radical (unpaired) electrons. The maximum atomic E-state index is 13.1. The molecular formula is C34H42F4N2O4. The molecule has 3 aromatic carbocycles. The van der Waals surface area contributed by atoms with Gasteiger partial charge in [-0.15, -0.1) is 13.2 Å². The zero-order valence-corrected chi connectivity index (χ0v) is 25.1. The monoisotopic (exact) mass is 618 g/mol. The molecule has 1 amide bonds. The smallest absolute Gasteiger partial charge is 0.457 e. The van der Waals surface area contributed by atoms with E-state index in [0.717, 1.165) is 18.5 Å². The summed E-state index contributed by atoms with van der Waals surface area (Å²) in [6.07, 6.45) is 4.56. The zero-order chi connectivity index (χ0) is 31.6. The normalized spacial score (nSPS) is 12.0. The van der Waals surface area contributed by atoms with Crippen LogP contribution in [0.1, 0.15) is 63.9 Å². The van der Waals surface area contributed by atoms with Crippen LogP contribution in [0.15, 0.2) is 72.8 Å². The summed E-state index contributed by atoms with van der Waals surface area (Å²) in [7, 11) is 0. The van der Waals surface area contributed by atoms with Gasteiger partial charge in [-0.3, -0.25) is 4.79 Å². The minimum atomic E-state index is -4.81. The molecule has 3 rings (SSSR count). The third-order valence-corrected chi connectivity index (χ3v) is 6.78. The van der Waals surface area contributed by atoms with Crippen LogP contribution in [0, 0.1) is 5.82 Å². The molecule has 44 heavy (non-hydrogen) atoms. The standard InChI is InChI=1S/C34H42F4N2O4/c1-2-3-4-5-6-7-8-9-21-42-25-29(40-33(41)23-26-11-10-12-32(22-26)44-34(36,37)38)24-39-28-15-19-31(20-16-28)43-30-17-13-27(35)14-18-30/h10-20,22,29,39H,2-9,21,23-25H2,1H3,(H,40,41)/t29-/m0/s1. The second-order valence-electron chi connectivity index (χ2n) is 10.6. The first-order valence-corrected chi connectivity index (χ1v) is 15.2. The van der Waals surface area contributed by atoms with Crippen molar-refractivity contribution in [1.82, 2.24) is 5.32 Å². The molecule has 0 aliphatic carbocycles. The van der Waals surface area contributed by atoms with Gasteiger partial charge in [0.15, 0.2) is 0 Å². The van der Waals surface area contributed by atoms with Gasteiger partial charge in [-0.2, -0.15) is 0 Å². The number of anilines is 1. The number of benzene rings is 3. The number of unbranched alkanes of at least 4 members (excludes halogenated alkanes) is 7. The van der Waals surface area contributed by atoms with Crippen LogP contribution in [-0.2, 0) is 16.0 Å². The number of carbonyl (C=O) groups is 1. The zero-order valence-electron chi connectivity index (χ0n) is 25.1. The average molecular weight is 619 g/mol. The van der Waals surface area contributed by atoms with Crippen LogP contribution >= 0.6 is 0 Å². The van der Waals surface area contributed by atoms with E-state index in [1.807, 2.05) is 12.1 Å². The van der Waals surface area contributed by atoms with Crippen molar-refractivity contribution < 1.29 is 36.6 Å². The van der Waals surface area contributed by atoms with Gasteiger partial charge in [0.05, 0.1) is 19.1 Å². The Bertz CT molecular complexity index is 1240. The summed E-state index contributed by atoms with van der Waals surface area (Å²) in [6, 6.07) is 17.9. The lowest BCUT2D eigenvalue weighted by Gasteiger charge is -2.20. The molecule has 0 unspecified atom stereocenters. The first-order valence-electron chi connectivity index (χ1n) is 15.2. The van der Waals surface area contributed by atoms with Crippen molar-refractivity contribution in [2.24, 2.45) is 0 Å². The number of amides is 1. The number of halogens is 4. The molecule has 0 fully saturated rings. The maximum absolute atomic E-state index is 13.1. The summed E-state index contributed by atoms with van der Waals surface area (Å²) in [5.74, 6) is 0.0297. The molecule has 2 N–H and O–H groups in total. The van der Waals surface area contributed by atoms with Crippen molar-refractivity contribution in [1.29, 1.82) is 0 Å². The lowest BCUT2D eigenvalue weighted by Crippen LogP contribution is -2.43. The van der Waals surface area contributed by atoms with Crippen LogP contribution in [0.2, 0.25) is 0 Å². The van der Waals surface area contributed by atoms with E-state index in [-0.39, 0.29) is 36.5 Å². The summed E-state index contributed by atoms with van der Waals surface area (Å²) in [5.41, 5.74) is 1.18. The van der Waals surface area contributed by atoms with Crippen LogP contribution < -0.4 is 20.1 Å². The Kier molecular flexibility index (Phi) is 14.8. The molecule has 6 nitrogen and oxygen atoms in total. The van der Waals surface area contributed by atoms with E-state index in [2.05, 4.69) is 22.3 Å². The summed E-state index contributed by atoms with van der Waals surface area (Å²) in [6.45, 7) is 3.42. The van der Waals surface area contributed by atoms with E-state index in [4.69, 9.17) is 9.47 Å². The molecule has 0 heterocycles. The fraction of sp³-hybridized carbons (Fsp3) is 0.441. The largest absolute Gasteiger partial charge is 0.573 e. The number of ether oxygens (including phenoxy) is 3. The van der Waals surface area contributed by atoms with Gasteiger partial charge >= 0.3 is 6.36 Å². The molecule has 0 saturated carbocycles. The molecule has 0 aliphatic heterocycles. The number of rotatable bonds is 20. The van der Waals surface area contributed by atoms with Crippen molar-refractivity contribution in [2.75, 3.05) is 25.1 Å². The Morgan fingerprint density at radius 1 is 0.818 bits per heavy atom. The number of alkyl halides is 3. The average Bonchev–Trinajstić information content (AvgIpc) is 2.98. The minimum absolute atomic E-state index is 0.112. The highest BCUT2D eigenvalue weighted by molar-refractivity contribution is 5.79. The fourth-order valence-corrected chi connectivity index (χ4v) is 4.55. The van der Waals surface area contributed by atoms with Crippen molar-refractivity contribution >= 4 is 11.6 Å². The molecule has 0 bridgehead atoms. The second kappa shape index (κ2) is 18.8. The molecule has 1 atom stereocenters. The Hall–Kier alpha value is -3.79. The number of carbonyl (C=O) groups excluding carboxylic acids is 1. The first-order chi connectivity index (χ1) is 21.2. The quantitative estimate of drug-likeness (QED) is 0.0979. The number of hydrogen-bond donors (Lipinski definition) is 2. The predicted molar refractivity (Wildman–Crippen MR) is 164 cm³/mol. The molecular weight excluding hydrogens is 576 g/mol. The highest BCUT2D eigenvalue weighted by Crippen LogP contribution is 2.24. The SMILES string of the molecule is CCCCCCCCCCOC[C@H](CNc1ccc(Oc2ccc(F)cc2)cc1)NC(=O)Cc1cccc(OC(F)(F)F)c1. The van der Waals surface area contributed by atoms with Gasteiger partial charge in [-0.1, -0.05) is 64.0 Å². The van der Waals surface area contributed by atoms with Crippen LogP contribution in [0.4, 0.5) is 23.2 Å². The van der Waals surface area contributed by atoms with Crippen LogP contribution in [0.5, 0.6) is 17.2 Å². The summed E-state index contributed by atoms with van der Waals surface area (Å²) < 4.78 is 66.6. The first kappa shape index (κ1) is 34.7. The van der Waals surface area contributed by atoms with E-state index in [0.29, 0.717) is 30.2 Å². The van der Waals surface area contributed by atoms with E-state index in [1.54, 1.807) is 30.3 Å². The van der Waals surface area contributed by atoms with Gasteiger partial charge in [0.25, 0.3) is 0 Å². The van der Waals surface area contributed by atoms with Gasteiger partial charge in [0.1, 0.15) is 23.1 Å². The Balaban J connectivity index is 1.51. The number of nitrogens with one attached hydrogen (secondary N) is 2. The summed E-state index contributed by atoms with van der Waals surface area (Å²) >= 11 is 0. The molecule has 10 heteroatoms. The van der Waals surface area contributed by atoms with E-state index < -0.39 is 6.36 Å². The lowest BCUT2D eigenvalue weighted by atomic mass is 10.1. The third-order valence-electron chi connectivity index (χ3n) is 6.78. The molecule has 0 spiro atoms. The fourth-order valence-electron chi connectivity index (χ4n) is 4.55. The number of hydrogen-bond acceptors (Lipinski definition) is 5. The molecule has 0 saturated heterocycles. The van der Waals surface area contributed by atoms with E-state index in [1.165, 1.54) is 68.9 Å². The third kappa shape index (κ3) is 14.6. The van der Waals surface area contributed by atoms with Crippen molar-refractivity contribution in [3.8, 4) is 17.2 Å². The minimum Gasteiger partial charge on any atom is -0.457 e. The topological polar surface area (TPSA) is 68.8 Å². The lowest BCUT2D eigenvalue weighted by molar-refractivity contribution is -0.274. The Morgan fingerprint density at radius 2 is 1.45 bits per heavy atom. The predicted octanol–water partition coefficient (Wildman–Crippen LogP) is 8.81. The molecule has 3 aromatic rings. The van der Waals surface area contributed by atoms with Gasteiger partial charge < -0.3 is 24.8 Å². The molecule has 240 valence electrons. The highest BCUT2D eigenvalue weighted by atomic mass is 19.4. The van der Waals surface area contributed by atoms with E-state index >= 15 is 0 Å².